The normalized spacial score (nSPS) is 11.9. The van der Waals surface area contributed by atoms with Crippen molar-refractivity contribution < 1.29 is 9.47 Å². The van der Waals surface area contributed by atoms with Crippen molar-refractivity contribution in [2.24, 2.45) is 0 Å². The molecular formula is C13H17N5O2. The van der Waals surface area contributed by atoms with E-state index < -0.39 is 0 Å². The van der Waals surface area contributed by atoms with Crippen LogP contribution in [-0.4, -0.2) is 40.7 Å². The van der Waals surface area contributed by atoms with Gasteiger partial charge in [0.15, 0.2) is 0 Å². The minimum atomic E-state index is -0.234. The minimum absolute atomic E-state index is 0.234. The number of nitrogens with one attached hydrogen (secondary N) is 1. The molecular weight excluding hydrogens is 258 g/mol. The van der Waals surface area contributed by atoms with E-state index in [1.54, 1.807) is 31.9 Å². The number of ether oxygens (including phenoxy) is 2. The maximum Gasteiger partial charge on any atom is 0.240 e. The van der Waals surface area contributed by atoms with Crippen molar-refractivity contribution in [3.8, 4) is 11.8 Å². The summed E-state index contributed by atoms with van der Waals surface area (Å²) in [6.45, 7) is 2.75. The number of methoxy groups -OCH3 is 2. The lowest BCUT2D eigenvalue weighted by atomic mass is 10.1. The summed E-state index contributed by atoms with van der Waals surface area (Å²) in [4.78, 5) is 17.0. The standard InChI is InChI=1S/C13H17N5O2/c1-4-15-11(9-7-14-5-6-16-9)12-13(20-3)18-10(19-2)8-17-12/h5-8,11,15H,4H2,1-3H3. The van der Waals surface area contributed by atoms with Gasteiger partial charge in [0.25, 0.3) is 0 Å². The molecule has 0 saturated heterocycles. The molecule has 0 amide bonds. The topological polar surface area (TPSA) is 82.1 Å². The summed E-state index contributed by atoms with van der Waals surface area (Å²) in [5, 5.41) is 3.30. The van der Waals surface area contributed by atoms with Crippen LogP contribution in [0.3, 0.4) is 0 Å². The van der Waals surface area contributed by atoms with Crippen LogP contribution in [0, 0.1) is 0 Å². The first-order chi connectivity index (χ1) is 9.80. The molecule has 0 spiro atoms. The summed E-state index contributed by atoms with van der Waals surface area (Å²) < 4.78 is 10.3. The molecule has 106 valence electrons. The molecule has 0 aromatic carbocycles. The fourth-order valence-corrected chi connectivity index (χ4v) is 1.82. The van der Waals surface area contributed by atoms with E-state index in [2.05, 4.69) is 25.3 Å². The van der Waals surface area contributed by atoms with E-state index in [9.17, 15) is 0 Å². The summed E-state index contributed by atoms with van der Waals surface area (Å²) in [6.07, 6.45) is 6.52. The van der Waals surface area contributed by atoms with Crippen molar-refractivity contribution in [1.29, 1.82) is 0 Å². The van der Waals surface area contributed by atoms with Crippen molar-refractivity contribution in [2.45, 2.75) is 13.0 Å². The second-order valence-corrected chi connectivity index (χ2v) is 3.93. The second kappa shape index (κ2) is 6.76. The lowest BCUT2D eigenvalue weighted by Gasteiger charge is -2.18. The highest BCUT2D eigenvalue weighted by molar-refractivity contribution is 5.30. The van der Waals surface area contributed by atoms with E-state index in [4.69, 9.17) is 9.47 Å². The fraction of sp³-hybridized carbons (Fsp3) is 0.385. The van der Waals surface area contributed by atoms with Crippen LogP contribution in [0.25, 0.3) is 0 Å². The van der Waals surface area contributed by atoms with E-state index in [0.29, 0.717) is 17.5 Å². The lowest BCUT2D eigenvalue weighted by Crippen LogP contribution is -2.25. The van der Waals surface area contributed by atoms with Crippen molar-refractivity contribution in [1.82, 2.24) is 25.3 Å². The third-order valence-electron chi connectivity index (χ3n) is 2.71. The van der Waals surface area contributed by atoms with Crippen molar-refractivity contribution in [3.05, 3.63) is 36.2 Å². The average Bonchev–Trinajstić information content (AvgIpc) is 2.53. The largest absolute Gasteiger partial charge is 0.480 e. The summed E-state index contributed by atoms with van der Waals surface area (Å²) >= 11 is 0. The van der Waals surface area contributed by atoms with Gasteiger partial charge in [-0.15, -0.1) is 0 Å². The SMILES string of the molecule is CCNC(c1cnccn1)c1ncc(OC)nc1OC. The predicted octanol–water partition coefficient (Wildman–Crippen LogP) is 0.983. The van der Waals surface area contributed by atoms with Crippen molar-refractivity contribution in [2.75, 3.05) is 20.8 Å². The van der Waals surface area contributed by atoms with Gasteiger partial charge in [-0.05, 0) is 6.54 Å². The van der Waals surface area contributed by atoms with E-state index in [-0.39, 0.29) is 6.04 Å². The molecule has 2 aromatic rings. The molecule has 1 atom stereocenters. The minimum Gasteiger partial charge on any atom is -0.480 e. The molecule has 20 heavy (non-hydrogen) atoms. The highest BCUT2D eigenvalue weighted by Crippen LogP contribution is 2.26. The molecule has 1 N–H and O–H groups in total. The van der Waals surface area contributed by atoms with Gasteiger partial charge in [-0.2, -0.15) is 4.98 Å². The Kier molecular flexibility index (Phi) is 4.78. The van der Waals surface area contributed by atoms with Crippen LogP contribution < -0.4 is 14.8 Å². The quantitative estimate of drug-likeness (QED) is 0.841. The van der Waals surface area contributed by atoms with E-state index in [1.807, 2.05) is 6.92 Å². The van der Waals surface area contributed by atoms with Crippen molar-refractivity contribution >= 4 is 0 Å². The molecule has 0 saturated carbocycles. The molecule has 0 radical (unpaired) electrons. The number of hydrogen-bond donors (Lipinski definition) is 1. The monoisotopic (exact) mass is 275 g/mol. The van der Waals surface area contributed by atoms with Crippen LogP contribution >= 0.6 is 0 Å². The number of aromatic nitrogens is 4. The highest BCUT2D eigenvalue weighted by atomic mass is 16.5. The van der Waals surface area contributed by atoms with Gasteiger partial charge >= 0.3 is 0 Å². The summed E-state index contributed by atoms with van der Waals surface area (Å²) in [7, 11) is 3.08. The number of hydrogen-bond acceptors (Lipinski definition) is 7. The highest BCUT2D eigenvalue weighted by Gasteiger charge is 2.22. The van der Waals surface area contributed by atoms with Gasteiger partial charge in [0, 0.05) is 12.4 Å². The van der Waals surface area contributed by atoms with Gasteiger partial charge in [-0.1, -0.05) is 6.92 Å². The van der Waals surface area contributed by atoms with Gasteiger partial charge in [0.2, 0.25) is 11.8 Å². The smallest absolute Gasteiger partial charge is 0.240 e. The fourth-order valence-electron chi connectivity index (χ4n) is 1.82. The van der Waals surface area contributed by atoms with Crippen LogP contribution in [0.15, 0.2) is 24.8 Å². The van der Waals surface area contributed by atoms with Gasteiger partial charge < -0.3 is 14.8 Å². The first-order valence-electron chi connectivity index (χ1n) is 6.24. The zero-order valence-electron chi connectivity index (χ0n) is 11.7. The Balaban J connectivity index is 2.44. The second-order valence-electron chi connectivity index (χ2n) is 3.93. The van der Waals surface area contributed by atoms with Crippen LogP contribution in [0.2, 0.25) is 0 Å². The Bertz CT molecular complexity index is 550. The van der Waals surface area contributed by atoms with E-state index >= 15 is 0 Å². The molecule has 0 aliphatic heterocycles. The molecule has 2 heterocycles. The average molecular weight is 275 g/mol. The Morgan fingerprint density at radius 3 is 2.60 bits per heavy atom. The summed E-state index contributed by atoms with van der Waals surface area (Å²) in [5.41, 5.74) is 1.41. The van der Waals surface area contributed by atoms with E-state index in [1.165, 1.54) is 7.11 Å². The third kappa shape index (κ3) is 3.00. The van der Waals surface area contributed by atoms with Crippen LogP contribution in [0.4, 0.5) is 0 Å². The number of nitrogens with zero attached hydrogens (tertiary/aromatic N) is 4. The van der Waals surface area contributed by atoms with Crippen LogP contribution in [0.1, 0.15) is 24.4 Å². The first kappa shape index (κ1) is 14.1. The number of rotatable bonds is 6. The molecule has 7 nitrogen and oxygen atoms in total. The summed E-state index contributed by atoms with van der Waals surface area (Å²) in [5.74, 6) is 0.806. The molecule has 2 rings (SSSR count). The molecule has 0 aliphatic carbocycles. The molecule has 0 aliphatic rings. The van der Waals surface area contributed by atoms with E-state index in [0.717, 1.165) is 12.2 Å². The molecule has 7 heteroatoms. The maximum absolute atomic E-state index is 5.29. The van der Waals surface area contributed by atoms with Crippen LogP contribution in [-0.2, 0) is 0 Å². The maximum atomic E-state index is 5.29. The van der Waals surface area contributed by atoms with Gasteiger partial charge in [-0.3, -0.25) is 9.97 Å². The Labute approximate surface area is 117 Å². The lowest BCUT2D eigenvalue weighted by molar-refractivity contribution is 0.352. The van der Waals surface area contributed by atoms with Crippen LogP contribution in [0.5, 0.6) is 11.8 Å². The van der Waals surface area contributed by atoms with Crippen molar-refractivity contribution in [3.63, 3.8) is 0 Å². The third-order valence-corrected chi connectivity index (χ3v) is 2.71. The molecule has 2 aromatic heterocycles. The first-order valence-corrected chi connectivity index (χ1v) is 6.24. The molecule has 1 unspecified atom stereocenters. The molecule has 0 fully saturated rings. The Hall–Kier alpha value is -2.28. The van der Waals surface area contributed by atoms with Gasteiger partial charge in [-0.25, -0.2) is 4.98 Å². The Morgan fingerprint density at radius 1 is 1.15 bits per heavy atom. The Morgan fingerprint density at radius 2 is 2.00 bits per heavy atom. The zero-order chi connectivity index (χ0) is 14.4. The van der Waals surface area contributed by atoms with Gasteiger partial charge in [0.05, 0.1) is 38.3 Å². The molecule has 0 bridgehead atoms. The zero-order valence-corrected chi connectivity index (χ0v) is 11.7. The summed E-state index contributed by atoms with van der Waals surface area (Å²) in [6, 6.07) is -0.234. The van der Waals surface area contributed by atoms with Gasteiger partial charge in [0.1, 0.15) is 5.69 Å². The predicted molar refractivity (Wildman–Crippen MR) is 72.7 cm³/mol.